The first-order chi connectivity index (χ1) is 12.7. The Morgan fingerprint density at radius 1 is 1.37 bits per heavy atom. The van der Waals surface area contributed by atoms with Crippen LogP contribution < -0.4 is 5.32 Å². The van der Waals surface area contributed by atoms with Crippen molar-refractivity contribution in [1.29, 1.82) is 0 Å². The van der Waals surface area contributed by atoms with Gasteiger partial charge in [0.25, 0.3) is 5.91 Å². The highest BCUT2D eigenvalue weighted by molar-refractivity contribution is 7.18. The van der Waals surface area contributed by atoms with Gasteiger partial charge < -0.3 is 14.8 Å². The van der Waals surface area contributed by atoms with Crippen molar-refractivity contribution in [3.8, 4) is 0 Å². The number of carbonyl (C=O) groups is 3. The number of cyclic esters (lactones) is 1. The van der Waals surface area contributed by atoms with E-state index in [0.717, 1.165) is 23.5 Å². The summed E-state index contributed by atoms with van der Waals surface area (Å²) in [4.78, 5) is 36.5. The highest BCUT2D eigenvalue weighted by Crippen LogP contribution is 2.30. The Morgan fingerprint density at radius 2 is 2.11 bits per heavy atom. The standard InChI is InChI=1S/C18H15ClFNO5S/c1-8-5-14(21-16(22)11-4-3-10(20)7-12(11)19)27-15(8)18(24)26-13-6-9(2)25-17(13)23/h3-5,7,9,13H,6H2,1-2H3,(H,21,22)/t9-,13+/m1/s1. The van der Waals surface area contributed by atoms with Gasteiger partial charge in [0.2, 0.25) is 6.10 Å². The van der Waals surface area contributed by atoms with E-state index in [1.807, 2.05) is 0 Å². The number of benzene rings is 1. The molecule has 1 aliphatic rings. The van der Waals surface area contributed by atoms with Crippen LogP contribution in [0.5, 0.6) is 0 Å². The van der Waals surface area contributed by atoms with Gasteiger partial charge in [-0.15, -0.1) is 11.3 Å². The molecule has 6 nitrogen and oxygen atoms in total. The van der Waals surface area contributed by atoms with Gasteiger partial charge in [-0.1, -0.05) is 11.6 Å². The second-order valence-corrected chi connectivity index (χ2v) is 7.54. The van der Waals surface area contributed by atoms with Gasteiger partial charge in [-0.2, -0.15) is 0 Å². The Bertz CT molecular complexity index is 928. The van der Waals surface area contributed by atoms with Gasteiger partial charge in [-0.25, -0.2) is 14.0 Å². The van der Waals surface area contributed by atoms with E-state index in [1.54, 1.807) is 19.9 Å². The molecule has 1 N–H and O–H groups in total. The minimum atomic E-state index is -0.926. The fourth-order valence-corrected chi connectivity index (χ4v) is 3.80. The summed E-state index contributed by atoms with van der Waals surface area (Å²) >= 11 is 6.89. The normalized spacial score (nSPS) is 18.9. The number of ether oxygens (including phenoxy) is 2. The molecule has 0 unspecified atom stereocenters. The van der Waals surface area contributed by atoms with Gasteiger partial charge in [0, 0.05) is 6.42 Å². The second kappa shape index (κ2) is 7.66. The van der Waals surface area contributed by atoms with E-state index in [1.165, 1.54) is 6.07 Å². The van der Waals surface area contributed by atoms with Crippen LogP contribution in [0, 0.1) is 12.7 Å². The Balaban J connectivity index is 1.71. The minimum absolute atomic E-state index is 0.0192. The largest absolute Gasteiger partial charge is 0.460 e. The van der Waals surface area contributed by atoms with Gasteiger partial charge in [0.1, 0.15) is 16.8 Å². The van der Waals surface area contributed by atoms with Crippen LogP contribution in [0.2, 0.25) is 5.02 Å². The van der Waals surface area contributed by atoms with Crippen molar-refractivity contribution in [1.82, 2.24) is 0 Å². The molecule has 0 radical (unpaired) electrons. The molecule has 0 bridgehead atoms. The van der Waals surface area contributed by atoms with Crippen molar-refractivity contribution in [2.45, 2.75) is 32.5 Å². The van der Waals surface area contributed by atoms with Gasteiger partial charge >= 0.3 is 11.9 Å². The lowest BCUT2D eigenvalue weighted by Crippen LogP contribution is -2.22. The topological polar surface area (TPSA) is 81.7 Å². The predicted molar refractivity (Wildman–Crippen MR) is 97.8 cm³/mol. The van der Waals surface area contributed by atoms with E-state index in [2.05, 4.69) is 5.32 Å². The SMILES string of the molecule is Cc1cc(NC(=O)c2ccc(F)cc2Cl)sc1C(=O)O[C@H]1C[C@@H](C)OC1=O. The number of nitrogens with one attached hydrogen (secondary N) is 1. The molecule has 142 valence electrons. The molecule has 1 aromatic carbocycles. The molecule has 3 rings (SSSR count). The summed E-state index contributed by atoms with van der Waals surface area (Å²) in [5.41, 5.74) is 0.695. The average molecular weight is 412 g/mol. The monoisotopic (exact) mass is 411 g/mol. The minimum Gasteiger partial charge on any atom is -0.460 e. The van der Waals surface area contributed by atoms with Crippen molar-refractivity contribution in [2.24, 2.45) is 0 Å². The molecular weight excluding hydrogens is 397 g/mol. The summed E-state index contributed by atoms with van der Waals surface area (Å²) in [6.07, 6.45) is -0.915. The number of halogens is 2. The predicted octanol–water partition coefficient (Wildman–Crippen LogP) is 3.96. The maximum absolute atomic E-state index is 13.1. The molecule has 1 aromatic heterocycles. The van der Waals surface area contributed by atoms with Crippen LogP contribution >= 0.6 is 22.9 Å². The first-order valence-electron chi connectivity index (χ1n) is 8.03. The molecule has 0 aliphatic carbocycles. The van der Waals surface area contributed by atoms with Crippen molar-refractivity contribution < 1.29 is 28.2 Å². The molecule has 1 aliphatic heterocycles. The summed E-state index contributed by atoms with van der Waals surface area (Å²) in [6.45, 7) is 3.40. The summed E-state index contributed by atoms with van der Waals surface area (Å²) in [6, 6.07) is 5.05. The first kappa shape index (κ1) is 19.3. The number of carbonyl (C=O) groups excluding carboxylic acids is 3. The summed E-state index contributed by atoms with van der Waals surface area (Å²) in [5, 5.41) is 2.99. The van der Waals surface area contributed by atoms with Crippen LogP contribution in [-0.4, -0.2) is 30.1 Å². The zero-order valence-corrected chi connectivity index (χ0v) is 15.9. The van der Waals surface area contributed by atoms with Crippen molar-refractivity contribution in [3.05, 3.63) is 51.1 Å². The lowest BCUT2D eigenvalue weighted by Gasteiger charge is -2.07. The van der Waals surface area contributed by atoms with Gasteiger partial charge in [-0.3, -0.25) is 4.79 Å². The third-order valence-corrected chi connectivity index (χ3v) is 5.34. The number of aryl methyl sites for hydroxylation is 1. The molecule has 9 heteroatoms. The lowest BCUT2D eigenvalue weighted by atomic mass is 10.2. The Labute approximate surface area is 163 Å². The lowest BCUT2D eigenvalue weighted by molar-refractivity contribution is -0.147. The number of anilines is 1. The van der Waals surface area contributed by atoms with Gasteiger partial charge in [0.05, 0.1) is 15.6 Å². The maximum Gasteiger partial charge on any atom is 0.349 e. The van der Waals surface area contributed by atoms with Gasteiger partial charge in [0.15, 0.2) is 0 Å². The zero-order chi connectivity index (χ0) is 19.7. The van der Waals surface area contributed by atoms with Crippen molar-refractivity contribution >= 4 is 45.8 Å². The highest BCUT2D eigenvalue weighted by atomic mass is 35.5. The number of hydrogen-bond acceptors (Lipinski definition) is 6. The van der Waals surface area contributed by atoms with Crippen LogP contribution in [-0.2, 0) is 14.3 Å². The van der Waals surface area contributed by atoms with Crippen LogP contribution in [0.1, 0.15) is 38.9 Å². The van der Waals surface area contributed by atoms with Crippen molar-refractivity contribution in [2.75, 3.05) is 5.32 Å². The third kappa shape index (κ3) is 4.28. The molecule has 1 saturated heterocycles. The Morgan fingerprint density at radius 3 is 2.74 bits per heavy atom. The molecular formula is C18H15ClFNO5S. The molecule has 1 amide bonds. The number of esters is 2. The highest BCUT2D eigenvalue weighted by Gasteiger charge is 2.35. The average Bonchev–Trinajstić information content (AvgIpc) is 3.08. The molecule has 27 heavy (non-hydrogen) atoms. The second-order valence-electron chi connectivity index (χ2n) is 6.08. The fraction of sp³-hybridized carbons (Fsp3) is 0.278. The first-order valence-corrected chi connectivity index (χ1v) is 9.22. The van der Waals surface area contributed by atoms with Gasteiger partial charge in [-0.05, 0) is 43.7 Å². The third-order valence-electron chi connectivity index (χ3n) is 3.89. The van der Waals surface area contributed by atoms with Crippen LogP contribution in [0.3, 0.4) is 0 Å². The van der Waals surface area contributed by atoms with E-state index in [0.29, 0.717) is 17.0 Å². The van der Waals surface area contributed by atoms with E-state index in [4.69, 9.17) is 21.1 Å². The van der Waals surface area contributed by atoms with Crippen molar-refractivity contribution in [3.63, 3.8) is 0 Å². The number of amides is 1. The molecule has 1 fully saturated rings. The maximum atomic E-state index is 13.1. The Kier molecular flexibility index (Phi) is 5.48. The zero-order valence-electron chi connectivity index (χ0n) is 14.4. The van der Waals surface area contributed by atoms with Crippen LogP contribution in [0.15, 0.2) is 24.3 Å². The quantitative estimate of drug-likeness (QED) is 0.770. The fourth-order valence-electron chi connectivity index (χ4n) is 2.60. The molecule has 0 spiro atoms. The van der Waals surface area contributed by atoms with E-state index in [9.17, 15) is 18.8 Å². The van der Waals surface area contributed by atoms with E-state index >= 15 is 0 Å². The molecule has 2 aromatic rings. The summed E-state index contributed by atoms with van der Waals surface area (Å²) in [7, 11) is 0. The van der Waals surface area contributed by atoms with E-state index < -0.39 is 29.8 Å². The number of hydrogen-bond donors (Lipinski definition) is 1. The molecule has 0 saturated carbocycles. The summed E-state index contributed by atoms with van der Waals surface area (Å²) in [5.74, 6) is -2.30. The molecule has 2 atom stereocenters. The Hall–Kier alpha value is -2.45. The smallest absolute Gasteiger partial charge is 0.349 e. The summed E-state index contributed by atoms with van der Waals surface area (Å²) < 4.78 is 23.3. The number of rotatable bonds is 4. The van der Waals surface area contributed by atoms with Crippen LogP contribution in [0.4, 0.5) is 9.39 Å². The van der Waals surface area contributed by atoms with Crippen LogP contribution in [0.25, 0.3) is 0 Å². The van der Waals surface area contributed by atoms with E-state index in [-0.39, 0.29) is 21.6 Å². The molecule has 2 heterocycles. The number of thiophene rings is 1.